The molecule has 0 aliphatic rings. The van der Waals surface area contributed by atoms with Gasteiger partial charge in [0, 0.05) is 19.1 Å². The summed E-state index contributed by atoms with van der Waals surface area (Å²) >= 11 is 0. The van der Waals surface area contributed by atoms with Gasteiger partial charge in [-0.05, 0) is 33.4 Å². The van der Waals surface area contributed by atoms with Gasteiger partial charge < -0.3 is 31.9 Å². The molecule has 8 heteroatoms. The number of hydrogen-bond donors (Lipinski definition) is 5. The molecule has 0 fully saturated rings. The lowest BCUT2D eigenvalue weighted by molar-refractivity contribution is -0.139. The lowest BCUT2D eigenvalue weighted by Gasteiger charge is -2.30. The molecular weight excluding hydrogens is 394 g/mol. The lowest BCUT2D eigenvalue weighted by atomic mass is 10.00. The molecule has 0 heterocycles. The Kier molecular flexibility index (Phi) is 18.5. The Bertz CT molecular complexity index is 470. The molecule has 0 rings (SSSR count). The number of carboxylic acids is 1. The third-order valence-corrected chi connectivity index (χ3v) is 5.78. The first-order chi connectivity index (χ1) is 14.8. The summed E-state index contributed by atoms with van der Waals surface area (Å²) in [5.41, 5.74) is 10.6. The van der Waals surface area contributed by atoms with Gasteiger partial charge in [-0.2, -0.15) is 0 Å². The van der Waals surface area contributed by atoms with Crippen LogP contribution in [0.25, 0.3) is 0 Å². The van der Waals surface area contributed by atoms with E-state index in [0.29, 0.717) is 19.4 Å². The largest absolute Gasteiger partial charge is 0.480 e. The van der Waals surface area contributed by atoms with Crippen LogP contribution in [0.3, 0.4) is 0 Å². The molecule has 2 unspecified atom stereocenters. The van der Waals surface area contributed by atoms with E-state index in [2.05, 4.69) is 17.2 Å². The number of hydrogen-bond acceptors (Lipinski definition) is 5. The number of likely N-dealkylation sites (N-methyl/N-ethyl adjacent to an activating group) is 1. The SMILES string of the molecule is CCCCCCCCCCCCC(C(O)CN[C@@H](CCCN=C(N)N)C(=O)O)N(C)C. The van der Waals surface area contributed by atoms with E-state index >= 15 is 0 Å². The second-order valence-electron chi connectivity index (χ2n) is 8.82. The molecule has 0 aromatic carbocycles. The number of aliphatic carboxylic acids is 1. The first kappa shape index (κ1) is 29.6. The van der Waals surface area contributed by atoms with Crippen molar-refractivity contribution in [2.24, 2.45) is 16.5 Å². The van der Waals surface area contributed by atoms with Crippen molar-refractivity contribution in [3.05, 3.63) is 0 Å². The fraction of sp³-hybridized carbons (Fsp3) is 0.913. The summed E-state index contributed by atoms with van der Waals surface area (Å²) < 4.78 is 0. The van der Waals surface area contributed by atoms with Crippen molar-refractivity contribution in [3.63, 3.8) is 0 Å². The van der Waals surface area contributed by atoms with Crippen LogP contribution in [0, 0.1) is 0 Å². The van der Waals surface area contributed by atoms with Crippen LogP contribution in [-0.2, 0) is 4.79 Å². The van der Waals surface area contributed by atoms with E-state index in [1.807, 2.05) is 19.0 Å². The molecule has 31 heavy (non-hydrogen) atoms. The maximum absolute atomic E-state index is 11.5. The van der Waals surface area contributed by atoms with E-state index in [4.69, 9.17) is 11.5 Å². The van der Waals surface area contributed by atoms with Gasteiger partial charge >= 0.3 is 5.97 Å². The maximum atomic E-state index is 11.5. The monoisotopic (exact) mass is 443 g/mol. The average Bonchev–Trinajstić information content (AvgIpc) is 2.70. The zero-order valence-electron chi connectivity index (χ0n) is 20.2. The number of nitrogens with one attached hydrogen (secondary N) is 1. The molecule has 8 nitrogen and oxygen atoms in total. The van der Waals surface area contributed by atoms with Crippen molar-refractivity contribution >= 4 is 11.9 Å². The summed E-state index contributed by atoms with van der Waals surface area (Å²) in [7, 11) is 3.93. The first-order valence-electron chi connectivity index (χ1n) is 12.2. The fourth-order valence-corrected chi connectivity index (χ4v) is 3.85. The molecule has 0 amide bonds. The van der Waals surface area contributed by atoms with Crippen LogP contribution in [0.15, 0.2) is 4.99 Å². The minimum absolute atomic E-state index is 0.0102. The Labute approximate surface area is 189 Å². The molecule has 0 spiro atoms. The van der Waals surface area contributed by atoms with Crippen molar-refractivity contribution in [2.45, 2.75) is 109 Å². The number of rotatable bonds is 21. The topological polar surface area (TPSA) is 137 Å². The first-order valence-corrected chi connectivity index (χ1v) is 12.2. The van der Waals surface area contributed by atoms with E-state index in [9.17, 15) is 15.0 Å². The number of aliphatic imine (C=N–C) groups is 1. The number of guanidine groups is 1. The highest BCUT2D eigenvalue weighted by atomic mass is 16.4. The summed E-state index contributed by atoms with van der Waals surface area (Å²) in [4.78, 5) is 17.4. The van der Waals surface area contributed by atoms with Crippen LogP contribution < -0.4 is 16.8 Å². The third-order valence-electron chi connectivity index (χ3n) is 5.78. The van der Waals surface area contributed by atoms with E-state index in [1.165, 1.54) is 57.8 Å². The summed E-state index contributed by atoms with van der Waals surface area (Å²) in [6, 6.07) is -0.707. The van der Waals surface area contributed by atoms with E-state index < -0.39 is 18.1 Å². The molecule has 0 radical (unpaired) electrons. The quantitative estimate of drug-likeness (QED) is 0.104. The molecule has 0 aliphatic heterocycles. The van der Waals surface area contributed by atoms with E-state index in [-0.39, 0.29) is 18.5 Å². The van der Waals surface area contributed by atoms with Gasteiger partial charge in [0.15, 0.2) is 5.96 Å². The summed E-state index contributed by atoms with van der Waals surface area (Å²) in [5, 5.41) is 23.0. The summed E-state index contributed by atoms with van der Waals surface area (Å²) in [6.07, 6.45) is 14.1. The molecule has 184 valence electrons. The van der Waals surface area contributed by atoms with Gasteiger partial charge in [-0.3, -0.25) is 9.79 Å². The Morgan fingerprint density at radius 2 is 1.48 bits per heavy atom. The maximum Gasteiger partial charge on any atom is 0.320 e. The van der Waals surface area contributed by atoms with Crippen LogP contribution in [0.2, 0.25) is 0 Å². The fourth-order valence-electron chi connectivity index (χ4n) is 3.85. The van der Waals surface area contributed by atoms with E-state index in [1.54, 1.807) is 0 Å². The molecule has 3 atom stereocenters. The Morgan fingerprint density at radius 1 is 0.935 bits per heavy atom. The molecule has 0 saturated carbocycles. The molecule has 0 bridgehead atoms. The summed E-state index contributed by atoms with van der Waals surface area (Å²) in [6.45, 7) is 2.89. The van der Waals surface area contributed by atoms with Crippen LogP contribution in [0.1, 0.15) is 90.4 Å². The van der Waals surface area contributed by atoms with Gasteiger partial charge in [-0.25, -0.2) is 0 Å². The highest BCUT2D eigenvalue weighted by Gasteiger charge is 2.24. The number of unbranched alkanes of at least 4 members (excludes halogenated alkanes) is 9. The summed E-state index contributed by atoms with van der Waals surface area (Å²) in [5.74, 6) is -0.913. The smallest absolute Gasteiger partial charge is 0.320 e. The number of carbonyl (C=O) groups is 1. The van der Waals surface area contributed by atoms with Gasteiger partial charge in [0.1, 0.15) is 6.04 Å². The van der Waals surface area contributed by atoms with Gasteiger partial charge in [0.05, 0.1) is 6.10 Å². The van der Waals surface area contributed by atoms with Crippen LogP contribution >= 0.6 is 0 Å². The van der Waals surface area contributed by atoms with Crippen LogP contribution in [-0.4, -0.2) is 72.4 Å². The Balaban J connectivity index is 4.14. The van der Waals surface area contributed by atoms with E-state index in [0.717, 1.165) is 12.8 Å². The molecule has 0 aromatic heterocycles. The Morgan fingerprint density at radius 3 is 1.97 bits per heavy atom. The number of nitrogens with two attached hydrogens (primary N) is 2. The predicted molar refractivity (Wildman–Crippen MR) is 129 cm³/mol. The van der Waals surface area contributed by atoms with Crippen molar-refractivity contribution in [1.82, 2.24) is 10.2 Å². The number of aliphatic hydroxyl groups is 1. The zero-order valence-corrected chi connectivity index (χ0v) is 20.2. The van der Waals surface area contributed by atoms with Gasteiger partial charge in [-0.1, -0.05) is 71.1 Å². The highest BCUT2D eigenvalue weighted by Crippen LogP contribution is 2.15. The molecule has 0 aromatic rings. The number of aliphatic hydroxyl groups excluding tert-OH is 1. The van der Waals surface area contributed by atoms with Gasteiger partial charge in [0.25, 0.3) is 0 Å². The van der Waals surface area contributed by atoms with Crippen molar-refractivity contribution in [1.29, 1.82) is 0 Å². The molecule has 7 N–H and O–H groups in total. The van der Waals surface area contributed by atoms with Crippen molar-refractivity contribution in [2.75, 3.05) is 27.2 Å². The number of nitrogens with zero attached hydrogens (tertiary/aromatic N) is 2. The predicted octanol–water partition coefficient (Wildman–Crippen LogP) is 2.68. The van der Waals surface area contributed by atoms with Crippen molar-refractivity contribution in [3.8, 4) is 0 Å². The minimum atomic E-state index is -0.923. The van der Waals surface area contributed by atoms with Gasteiger partial charge in [0.2, 0.25) is 0 Å². The minimum Gasteiger partial charge on any atom is -0.480 e. The standard InChI is InChI=1S/C23H49N5O3/c1-4-5-6-7-8-9-10-11-12-13-16-20(28(2)3)21(29)18-27-19(22(30)31)15-14-17-26-23(24)25/h19-21,27,29H,4-18H2,1-3H3,(H,30,31)(H4,24,25,26)/t19-,20?,21?/m0/s1. The Hall–Kier alpha value is -1.38. The molecular formula is C23H49N5O3. The van der Waals surface area contributed by atoms with Crippen LogP contribution in [0.5, 0.6) is 0 Å². The second kappa shape index (κ2) is 19.3. The third kappa shape index (κ3) is 16.9. The van der Waals surface area contributed by atoms with Gasteiger partial charge in [-0.15, -0.1) is 0 Å². The second-order valence-corrected chi connectivity index (χ2v) is 8.82. The lowest BCUT2D eigenvalue weighted by Crippen LogP contribution is -2.48. The van der Waals surface area contributed by atoms with Crippen molar-refractivity contribution < 1.29 is 15.0 Å². The van der Waals surface area contributed by atoms with Crippen LogP contribution in [0.4, 0.5) is 0 Å². The molecule has 0 saturated heterocycles. The normalized spacial score (nSPS) is 14.4. The average molecular weight is 444 g/mol. The highest BCUT2D eigenvalue weighted by molar-refractivity contribution is 5.75. The number of carboxylic acid groups (broad SMARTS) is 1. The molecule has 0 aliphatic carbocycles. The zero-order chi connectivity index (χ0) is 23.5.